The van der Waals surface area contributed by atoms with E-state index in [1.165, 1.54) is 0 Å². The maximum atomic E-state index is 5.75. The molecule has 1 aromatic heterocycles. The van der Waals surface area contributed by atoms with Gasteiger partial charge in [0, 0.05) is 6.61 Å². The van der Waals surface area contributed by atoms with Crippen molar-refractivity contribution in [1.82, 2.24) is 5.32 Å². The second-order valence-corrected chi connectivity index (χ2v) is 4.43. The summed E-state index contributed by atoms with van der Waals surface area (Å²) in [5, 5.41) is 3.52. The Bertz CT molecular complexity index is 315. The van der Waals surface area contributed by atoms with Crippen LogP contribution in [0, 0.1) is 6.92 Å². The zero-order valence-corrected chi connectivity index (χ0v) is 10.2. The number of rotatable bonds is 5. The summed E-state index contributed by atoms with van der Waals surface area (Å²) >= 11 is 0. The molecule has 2 atom stereocenters. The Morgan fingerprint density at radius 3 is 2.94 bits per heavy atom. The molecular weight excluding hydrogens is 202 g/mol. The van der Waals surface area contributed by atoms with Gasteiger partial charge in [0.25, 0.3) is 0 Å². The van der Waals surface area contributed by atoms with Crippen LogP contribution in [-0.2, 0) is 4.74 Å². The highest BCUT2D eigenvalue weighted by atomic mass is 16.5. The van der Waals surface area contributed by atoms with Gasteiger partial charge in [-0.3, -0.25) is 0 Å². The molecule has 1 fully saturated rings. The van der Waals surface area contributed by atoms with Gasteiger partial charge in [-0.25, -0.2) is 0 Å². The number of nitrogens with one attached hydrogen (secondary N) is 1. The Labute approximate surface area is 97.2 Å². The van der Waals surface area contributed by atoms with E-state index >= 15 is 0 Å². The summed E-state index contributed by atoms with van der Waals surface area (Å²) in [4.78, 5) is 0. The SMILES string of the molecule is CCCNC(c1ccc(C)o1)C1CCCO1. The van der Waals surface area contributed by atoms with Gasteiger partial charge in [0.1, 0.15) is 11.5 Å². The van der Waals surface area contributed by atoms with E-state index in [2.05, 4.69) is 18.3 Å². The van der Waals surface area contributed by atoms with E-state index < -0.39 is 0 Å². The maximum Gasteiger partial charge on any atom is 0.123 e. The summed E-state index contributed by atoms with van der Waals surface area (Å²) in [6.07, 6.45) is 3.69. The van der Waals surface area contributed by atoms with E-state index in [-0.39, 0.29) is 12.1 Å². The molecule has 1 aliphatic rings. The van der Waals surface area contributed by atoms with Gasteiger partial charge in [0.05, 0.1) is 12.1 Å². The minimum Gasteiger partial charge on any atom is -0.465 e. The molecule has 0 aliphatic carbocycles. The zero-order chi connectivity index (χ0) is 11.4. The van der Waals surface area contributed by atoms with Crippen molar-refractivity contribution in [3.8, 4) is 0 Å². The van der Waals surface area contributed by atoms with Crippen molar-refractivity contribution in [3.63, 3.8) is 0 Å². The Kier molecular flexibility index (Phi) is 4.02. The van der Waals surface area contributed by atoms with E-state index in [1.807, 2.05) is 13.0 Å². The van der Waals surface area contributed by atoms with Crippen molar-refractivity contribution in [2.75, 3.05) is 13.2 Å². The van der Waals surface area contributed by atoms with Crippen LogP contribution in [0.1, 0.15) is 43.7 Å². The molecule has 0 aromatic carbocycles. The van der Waals surface area contributed by atoms with Crippen LogP contribution in [0.4, 0.5) is 0 Å². The Balaban J connectivity index is 2.06. The summed E-state index contributed by atoms with van der Waals surface area (Å²) in [6, 6.07) is 4.30. The van der Waals surface area contributed by atoms with Crippen LogP contribution < -0.4 is 5.32 Å². The van der Waals surface area contributed by atoms with Crippen molar-refractivity contribution < 1.29 is 9.15 Å². The fourth-order valence-corrected chi connectivity index (χ4v) is 2.20. The van der Waals surface area contributed by atoms with E-state index in [1.54, 1.807) is 0 Å². The molecule has 2 rings (SSSR count). The van der Waals surface area contributed by atoms with Gasteiger partial charge in [-0.1, -0.05) is 6.92 Å². The highest BCUT2D eigenvalue weighted by Crippen LogP contribution is 2.28. The Morgan fingerprint density at radius 2 is 2.38 bits per heavy atom. The van der Waals surface area contributed by atoms with Gasteiger partial charge in [0.15, 0.2) is 0 Å². The molecule has 0 saturated carbocycles. The summed E-state index contributed by atoms with van der Waals surface area (Å²) in [7, 11) is 0. The Morgan fingerprint density at radius 1 is 1.50 bits per heavy atom. The number of furan rings is 1. The predicted octanol–water partition coefficient (Wildman–Crippen LogP) is 2.81. The normalized spacial score (nSPS) is 22.5. The quantitative estimate of drug-likeness (QED) is 0.833. The van der Waals surface area contributed by atoms with Gasteiger partial charge in [-0.15, -0.1) is 0 Å². The minimum atomic E-state index is 0.219. The van der Waals surface area contributed by atoms with Crippen LogP contribution in [0.5, 0.6) is 0 Å². The van der Waals surface area contributed by atoms with Crippen LogP contribution in [0.3, 0.4) is 0 Å². The zero-order valence-electron chi connectivity index (χ0n) is 10.2. The summed E-state index contributed by atoms with van der Waals surface area (Å²) in [6.45, 7) is 6.04. The number of hydrogen-bond donors (Lipinski definition) is 1. The third kappa shape index (κ3) is 2.66. The van der Waals surface area contributed by atoms with Crippen LogP contribution in [-0.4, -0.2) is 19.3 Å². The molecule has 3 nitrogen and oxygen atoms in total. The van der Waals surface area contributed by atoms with Crippen LogP contribution in [0.2, 0.25) is 0 Å². The second-order valence-electron chi connectivity index (χ2n) is 4.43. The summed E-state index contributed by atoms with van der Waals surface area (Å²) < 4.78 is 11.5. The highest BCUT2D eigenvalue weighted by molar-refractivity contribution is 5.11. The first-order valence-electron chi connectivity index (χ1n) is 6.22. The predicted molar refractivity (Wildman–Crippen MR) is 63.5 cm³/mol. The third-order valence-corrected chi connectivity index (χ3v) is 3.02. The maximum absolute atomic E-state index is 5.75. The summed E-state index contributed by atoms with van der Waals surface area (Å²) in [5.74, 6) is 1.98. The first-order valence-corrected chi connectivity index (χ1v) is 6.22. The molecule has 1 N–H and O–H groups in total. The van der Waals surface area contributed by atoms with Crippen molar-refractivity contribution in [1.29, 1.82) is 0 Å². The minimum absolute atomic E-state index is 0.219. The van der Waals surface area contributed by atoms with Crippen molar-refractivity contribution in [3.05, 3.63) is 23.7 Å². The highest BCUT2D eigenvalue weighted by Gasteiger charge is 2.28. The molecule has 2 heterocycles. The molecule has 1 aromatic rings. The van der Waals surface area contributed by atoms with E-state index in [0.717, 1.165) is 43.9 Å². The molecule has 0 bridgehead atoms. The van der Waals surface area contributed by atoms with Gasteiger partial charge < -0.3 is 14.5 Å². The number of hydrogen-bond acceptors (Lipinski definition) is 3. The summed E-state index contributed by atoms with van der Waals surface area (Å²) in [5.41, 5.74) is 0. The largest absolute Gasteiger partial charge is 0.465 e. The van der Waals surface area contributed by atoms with Crippen LogP contribution in [0.15, 0.2) is 16.5 Å². The average Bonchev–Trinajstić information content (AvgIpc) is 2.91. The topological polar surface area (TPSA) is 34.4 Å². The van der Waals surface area contributed by atoms with E-state index in [0.29, 0.717) is 0 Å². The first kappa shape index (κ1) is 11.7. The lowest BCUT2D eigenvalue weighted by Gasteiger charge is -2.22. The van der Waals surface area contributed by atoms with Crippen LogP contribution >= 0.6 is 0 Å². The smallest absolute Gasteiger partial charge is 0.123 e. The van der Waals surface area contributed by atoms with Crippen LogP contribution in [0.25, 0.3) is 0 Å². The lowest BCUT2D eigenvalue weighted by atomic mass is 10.1. The molecule has 0 spiro atoms. The average molecular weight is 223 g/mol. The molecule has 90 valence electrons. The van der Waals surface area contributed by atoms with Gasteiger partial charge in [-0.05, 0) is 44.9 Å². The lowest BCUT2D eigenvalue weighted by Crippen LogP contribution is -2.31. The molecule has 1 aliphatic heterocycles. The number of ether oxygens (including phenoxy) is 1. The monoisotopic (exact) mass is 223 g/mol. The molecule has 3 heteroatoms. The van der Waals surface area contributed by atoms with Gasteiger partial charge >= 0.3 is 0 Å². The third-order valence-electron chi connectivity index (χ3n) is 3.02. The fraction of sp³-hybridized carbons (Fsp3) is 0.692. The molecule has 0 amide bonds. The number of aryl methyl sites for hydroxylation is 1. The fourth-order valence-electron chi connectivity index (χ4n) is 2.20. The van der Waals surface area contributed by atoms with Crippen molar-refractivity contribution >= 4 is 0 Å². The van der Waals surface area contributed by atoms with Gasteiger partial charge in [-0.2, -0.15) is 0 Å². The molecule has 2 unspecified atom stereocenters. The molecule has 16 heavy (non-hydrogen) atoms. The van der Waals surface area contributed by atoms with E-state index in [9.17, 15) is 0 Å². The molecular formula is C13H21NO2. The first-order chi connectivity index (χ1) is 7.81. The molecule has 1 saturated heterocycles. The Hall–Kier alpha value is -0.800. The molecule has 0 radical (unpaired) electrons. The van der Waals surface area contributed by atoms with Gasteiger partial charge in [0.2, 0.25) is 0 Å². The van der Waals surface area contributed by atoms with Crippen molar-refractivity contribution in [2.24, 2.45) is 0 Å². The second kappa shape index (κ2) is 5.51. The lowest BCUT2D eigenvalue weighted by molar-refractivity contribution is 0.0710. The van der Waals surface area contributed by atoms with Crippen molar-refractivity contribution in [2.45, 2.75) is 45.3 Å². The van der Waals surface area contributed by atoms with E-state index in [4.69, 9.17) is 9.15 Å². The standard InChI is InChI=1S/C13H21NO2/c1-3-8-14-13(11-5-4-9-15-11)12-7-6-10(2)16-12/h6-7,11,13-14H,3-5,8-9H2,1-2H3.